The van der Waals surface area contributed by atoms with Gasteiger partial charge in [-0.3, -0.25) is 9.59 Å². The molecule has 0 unspecified atom stereocenters. The van der Waals surface area contributed by atoms with Crippen LogP contribution in [0.4, 0.5) is 0 Å². The summed E-state index contributed by atoms with van der Waals surface area (Å²) in [6.45, 7) is 1.79. The lowest BCUT2D eigenvalue weighted by atomic mass is 10.1. The number of carbonyl (C=O) groups is 2. The molecule has 7 nitrogen and oxygen atoms in total. The highest BCUT2D eigenvalue weighted by Crippen LogP contribution is 2.22. The lowest BCUT2D eigenvalue weighted by Gasteiger charge is -2.02. The van der Waals surface area contributed by atoms with Crippen molar-refractivity contribution in [1.29, 1.82) is 0 Å². The van der Waals surface area contributed by atoms with Gasteiger partial charge in [-0.05, 0) is 19.1 Å². The molecule has 0 aromatic heterocycles. The number of hydrogen-bond donors (Lipinski definition) is 2. The van der Waals surface area contributed by atoms with Crippen molar-refractivity contribution in [2.45, 2.75) is 18.6 Å². The second-order valence-electron chi connectivity index (χ2n) is 4.52. The van der Waals surface area contributed by atoms with E-state index >= 15 is 0 Å². The van der Waals surface area contributed by atoms with Crippen LogP contribution >= 0.6 is 11.8 Å². The first-order chi connectivity index (χ1) is 10.5. The number of amidine groups is 1. The van der Waals surface area contributed by atoms with Gasteiger partial charge < -0.3 is 15.2 Å². The average molecular weight is 321 g/mol. The summed E-state index contributed by atoms with van der Waals surface area (Å²) in [5, 5.41) is 18.9. The predicted octanol–water partition coefficient (Wildman–Crippen LogP) is 1.48. The van der Waals surface area contributed by atoms with Crippen molar-refractivity contribution in [2.75, 3.05) is 7.11 Å². The van der Waals surface area contributed by atoms with Crippen molar-refractivity contribution >= 4 is 34.5 Å². The quantitative estimate of drug-likeness (QED) is 0.632. The molecule has 0 saturated carbocycles. The van der Waals surface area contributed by atoms with Gasteiger partial charge in [0.05, 0.1) is 19.2 Å². The van der Waals surface area contributed by atoms with Crippen molar-refractivity contribution in [3.63, 3.8) is 0 Å². The predicted molar refractivity (Wildman–Crippen MR) is 84.4 cm³/mol. The molecule has 1 fully saturated rings. The minimum atomic E-state index is -1.02. The van der Waals surface area contributed by atoms with E-state index in [4.69, 9.17) is 9.84 Å². The second kappa shape index (κ2) is 7.08. The fraction of sp³-hybridized carbons (Fsp3) is 0.286. The van der Waals surface area contributed by atoms with E-state index < -0.39 is 11.2 Å². The second-order valence-corrected chi connectivity index (χ2v) is 5.71. The van der Waals surface area contributed by atoms with Gasteiger partial charge >= 0.3 is 5.97 Å². The minimum Gasteiger partial charge on any atom is -0.497 e. The Morgan fingerprint density at radius 2 is 2.27 bits per heavy atom. The van der Waals surface area contributed by atoms with E-state index in [-0.39, 0.29) is 12.3 Å². The number of thioether (sulfide) groups is 1. The molecule has 2 rings (SSSR count). The van der Waals surface area contributed by atoms with E-state index in [1.54, 1.807) is 14.0 Å². The first-order valence-corrected chi connectivity index (χ1v) is 7.33. The molecule has 0 spiro atoms. The Labute approximate surface area is 131 Å². The Balaban J connectivity index is 2.09. The summed E-state index contributed by atoms with van der Waals surface area (Å²) in [7, 11) is 1.58. The molecule has 1 aliphatic rings. The van der Waals surface area contributed by atoms with Crippen LogP contribution in [0.25, 0.3) is 0 Å². The zero-order chi connectivity index (χ0) is 16.1. The number of carboxylic acids is 1. The lowest BCUT2D eigenvalue weighted by Crippen LogP contribution is -2.26. The summed E-state index contributed by atoms with van der Waals surface area (Å²) >= 11 is 1.07. The maximum atomic E-state index is 11.6. The number of ether oxygens (including phenoxy) is 1. The van der Waals surface area contributed by atoms with E-state index in [9.17, 15) is 9.59 Å². The molecule has 116 valence electrons. The molecule has 1 amide bonds. The highest BCUT2D eigenvalue weighted by atomic mass is 32.2. The Kier molecular flexibility index (Phi) is 5.16. The van der Waals surface area contributed by atoms with Crippen LogP contribution in [0.5, 0.6) is 5.75 Å². The van der Waals surface area contributed by atoms with Crippen LogP contribution in [0, 0.1) is 0 Å². The van der Waals surface area contributed by atoms with Gasteiger partial charge in [0, 0.05) is 5.56 Å². The number of methoxy groups -OCH3 is 1. The van der Waals surface area contributed by atoms with Crippen molar-refractivity contribution < 1.29 is 19.4 Å². The zero-order valence-corrected chi connectivity index (χ0v) is 12.9. The molecule has 1 heterocycles. The normalized spacial score (nSPS) is 20.1. The Morgan fingerprint density at radius 1 is 1.50 bits per heavy atom. The molecule has 1 aromatic carbocycles. The summed E-state index contributed by atoms with van der Waals surface area (Å²) in [5.74, 6) is -0.671. The van der Waals surface area contributed by atoms with Gasteiger partial charge in [-0.2, -0.15) is 5.10 Å². The van der Waals surface area contributed by atoms with Crippen LogP contribution in [-0.2, 0) is 9.59 Å². The van der Waals surface area contributed by atoms with Crippen molar-refractivity contribution in [2.24, 2.45) is 10.2 Å². The van der Waals surface area contributed by atoms with Gasteiger partial charge in [-0.25, -0.2) is 0 Å². The van der Waals surface area contributed by atoms with E-state index in [0.717, 1.165) is 17.3 Å². The molecule has 0 bridgehead atoms. The molecule has 22 heavy (non-hydrogen) atoms. The summed E-state index contributed by atoms with van der Waals surface area (Å²) in [6, 6.07) is 7.36. The third-order valence-corrected chi connectivity index (χ3v) is 3.99. The van der Waals surface area contributed by atoms with Crippen LogP contribution in [-0.4, -0.2) is 40.2 Å². The van der Waals surface area contributed by atoms with Gasteiger partial charge in [0.25, 0.3) is 0 Å². The van der Waals surface area contributed by atoms with Crippen LogP contribution in [0.1, 0.15) is 18.9 Å². The van der Waals surface area contributed by atoms with Crippen molar-refractivity contribution in [3.05, 3.63) is 29.8 Å². The number of nitrogens with one attached hydrogen (secondary N) is 1. The molecule has 1 saturated heterocycles. The number of aliphatic carboxylic acids is 1. The highest BCUT2D eigenvalue weighted by molar-refractivity contribution is 8.15. The van der Waals surface area contributed by atoms with Crippen LogP contribution in [0.15, 0.2) is 34.5 Å². The number of nitrogens with zero attached hydrogens (tertiary/aromatic N) is 2. The van der Waals surface area contributed by atoms with Gasteiger partial charge in [0.2, 0.25) is 5.91 Å². The van der Waals surface area contributed by atoms with Crippen LogP contribution < -0.4 is 10.1 Å². The van der Waals surface area contributed by atoms with Crippen molar-refractivity contribution in [1.82, 2.24) is 5.32 Å². The molecular weight excluding hydrogens is 306 g/mol. The number of benzene rings is 1. The molecule has 1 aromatic rings. The van der Waals surface area contributed by atoms with E-state index in [0.29, 0.717) is 16.6 Å². The summed E-state index contributed by atoms with van der Waals surface area (Å²) in [4.78, 5) is 22.2. The Morgan fingerprint density at radius 3 is 2.95 bits per heavy atom. The molecule has 2 N–H and O–H groups in total. The SMILES string of the molecule is COc1cccc(C(C)=NN=C2NC(=O)[C@H](CC(=O)O)S2)c1. The zero-order valence-electron chi connectivity index (χ0n) is 12.1. The summed E-state index contributed by atoms with van der Waals surface area (Å²) in [5.41, 5.74) is 1.50. The van der Waals surface area contributed by atoms with Gasteiger partial charge in [0.15, 0.2) is 5.17 Å². The molecule has 0 aliphatic carbocycles. The highest BCUT2D eigenvalue weighted by Gasteiger charge is 2.32. The van der Waals surface area contributed by atoms with Gasteiger partial charge in [-0.15, -0.1) is 5.10 Å². The maximum Gasteiger partial charge on any atom is 0.305 e. The monoisotopic (exact) mass is 321 g/mol. The number of carbonyl (C=O) groups excluding carboxylic acids is 1. The number of amides is 1. The first kappa shape index (κ1) is 16.0. The van der Waals surface area contributed by atoms with E-state index in [2.05, 4.69) is 15.5 Å². The largest absolute Gasteiger partial charge is 0.497 e. The minimum absolute atomic E-state index is 0.242. The molecule has 8 heteroatoms. The third-order valence-electron chi connectivity index (χ3n) is 2.91. The van der Waals surface area contributed by atoms with Crippen molar-refractivity contribution in [3.8, 4) is 5.75 Å². The van der Waals surface area contributed by atoms with Crippen LogP contribution in [0.3, 0.4) is 0 Å². The summed E-state index contributed by atoms with van der Waals surface area (Å²) < 4.78 is 5.14. The van der Waals surface area contributed by atoms with E-state index in [1.165, 1.54) is 0 Å². The molecule has 1 aliphatic heterocycles. The van der Waals surface area contributed by atoms with Gasteiger partial charge in [0.1, 0.15) is 11.0 Å². The van der Waals surface area contributed by atoms with Crippen LogP contribution in [0.2, 0.25) is 0 Å². The van der Waals surface area contributed by atoms with Gasteiger partial charge in [-0.1, -0.05) is 23.9 Å². The Bertz CT molecular complexity index is 657. The number of hydrogen-bond acceptors (Lipinski definition) is 6. The third kappa shape index (κ3) is 4.08. The standard InChI is InChI=1S/C14H15N3O4S/c1-8(9-4-3-5-10(6-9)21-2)16-17-14-15-13(20)11(22-14)7-12(18)19/h3-6,11H,7H2,1-2H3,(H,18,19)(H,15,17,20)/t11-/m0/s1. The lowest BCUT2D eigenvalue weighted by molar-refractivity contribution is -0.138. The summed E-state index contributed by atoms with van der Waals surface area (Å²) in [6.07, 6.45) is -0.242. The maximum absolute atomic E-state index is 11.6. The topological polar surface area (TPSA) is 100 Å². The smallest absolute Gasteiger partial charge is 0.305 e. The number of rotatable bonds is 5. The van der Waals surface area contributed by atoms with E-state index in [1.807, 2.05) is 24.3 Å². The number of carboxylic acid groups (broad SMARTS) is 1. The average Bonchev–Trinajstić information content (AvgIpc) is 2.84. The molecule has 1 atom stereocenters. The fourth-order valence-corrected chi connectivity index (χ4v) is 2.68. The Hall–Kier alpha value is -2.35. The fourth-order valence-electron chi connectivity index (χ4n) is 1.77. The molecular formula is C14H15N3O4S. The molecule has 0 radical (unpaired) electrons. The first-order valence-electron chi connectivity index (χ1n) is 6.45.